The zero-order valence-corrected chi connectivity index (χ0v) is 18.1. The third kappa shape index (κ3) is 4.72. The third-order valence-corrected chi connectivity index (χ3v) is 6.24. The summed E-state index contributed by atoms with van der Waals surface area (Å²) in [7, 11) is -3.92. The SMILES string of the molecule is CCCS(=O)(=O)Nc1c(F)ccc(Nc2ncnc3ccc(-c4cccnc4F)cc23)c1F. The molecule has 33 heavy (non-hydrogen) atoms. The molecule has 0 atom stereocenters. The lowest BCUT2D eigenvalue weighted by Gasteiger charge is -2.14. The lowest BCUT2D eigenvalue weighted by Crippen LogP contribution is -2.18. The van der Waals surface area contributed by atoms with Crippen molar-refractivity contribution in [2.24, 2.45) is 0 Å². The third-order valence-electron chi connectivity index (χ3n) is 4.78. The second kappa shape index (κ2) is 9.02. The van der Waals surface area contributed by atoms with Gasteiger partial charge in [-0.1, -0.05) is 13.0 Å². The van der Waals surface area contributed by atoms with Crippen molar-refractivity contribution in [2.45, 2.75) is 13.3 Å². The Kier molecular flexibility index (Phi) is 6.14. The molecule has 170 valence electrons. The van der Waals surface area contributed by atoms with Crippen molar-refractivity contribution in [1.29, 1.82) is 0 Å². The van der Waals surface area contributed by atoms with Gasteiger partial charge in [-0.3, -0.25) is 4.72 Å². The number of anilines is 3. The second-order valence-corrected chi connectivity index (χ2v) is 8.97. The predicted octanol–water partition coefficient (Wildman–Crippen LogP) is 5.00. The molecule has 11 heteroatoms. The Morgan fingerprint density at radius 3 is 2.58 bits per heavy atom. The largest absolute Gasteiger partial charge is 0.337 e. The van der Waals surface area contributed by atoms with Crippen LogP contribution in [-0.4, -0.2) is 29.1 Å². The first-order chi connectivity index (χ1) is 15.8. The normalized spacial score (nSPS) is 11.5. The van der Waals surface area contributed by atoms with Crippen LogP contribution in [0.4, 0.5) is 30.4 Å². The average Bonchev–Trinajstić information content (AvgIpc) is 2.79. The Morgan fingerprint density at radius 2 is 1.82 bits per heavy atom. The van der Waals surface area contributed by atoms with E-state index in [0.29, 0.717) is 16.5 Å². The molecule has 0 radical (unpaired) electrons. The van der Waals surface area contributed by atoms with Crippen molar-refractivity contribution >= 4 is 38.1 Å². The number of nitrogens with one attached hydrogen (secondary N) is 2. The molecule has 0 fully saturated rings. The van der Waals surface area contributed by atoms with Gasteiger partial charge < -0.3 is 5.32 Å². The summed E-state index contributed by atoms with van der Waals surface area (Å²) in [5, 5.41) is 3.20. The minimum Gasteiger partial charge on any atom is -0.337 e. The van der Waals surface area contributed by atoms with Gasteiger partial charge in [-0.2, -0.15) is 4.39 Å². The van der Waals surface area contributed by atoms with Crippen molar-refractivity contribution in [3.8, 4) is 11.1 Å². The first-order valence-corrected chi connectivity index (χ1v) is 11.6. The number of aromatic nitrogens is 3. The Hall–Kier alpha value is -3.73. The summed E-state index contributed by atoms with van der Waals surface area (Å²) in [6.07, 6.45) is 2.87. The molecule has 0 aliphatic carbocycles. The molecule has 0 spiro atoms. The molecular weight excluding hydrogens is 455 g/mol. The van der Waals surface area contributed by atoms with Gasteiger partial charge in [0.05, 0.1) is 17.0 Å². The Morgan fingerprint density at radius 1 is 1.00 bits per heavy atom. The summed E-state index contributed by atoms with van der Waals surface area (Å²) in [5.74, 6) is -2.96. The van der Waals surface area contributed by atoms with Gasteiger partial charge >= 0.3 is 0 Å². The quantitative estimate of drug-likeness (QED) is 0.367. The number of fused-ring (bicyclic) bond motifs is 1. The summed E-state index contributed by atoms with van der Waals surface area (Å²) in [4.78, 5) is 11.9. The number of pyridine rings is 1. The van der Waals surface area contributed by atoms with Gasteiger partial charge in [0.2, 0.25) is 16.0 Å². The fraction of sp³-hybridized carbons (Fsp3) is 0.136. The van der Waals surface area contributed by atoms with E-state index in [2.05, 4.69) is 20.3 Å². The number of sulfonamides is 1. The molecule has 0 amide bonds. The zero-order chi connectivity index (χ0) is 23.6. The summed E-state index contributed by atoms with van der Waals surface area (Å²) in [6, 6.07) is 10.2. The number of rotatable bonds is 7. The number of hydrogen-bond acceptors (Lipinski definition) is 6. The maximum absolute atomic E-state index is 15.1. The minimum atomic E-state index is -3.92. The van der Waals surface area contributed by atoms with E-state index >= 15 is 4.39 Å². The van der Waals surface area contributed by atoms with E-state index in [9.17, 15) is 17.2 Å². The fourth-order valence-corrected chi connectivity index (χ4v) is 4.41. The number of hydrogen-bond donors (Lipinski definition) is 2. The topological polar surface area (TPSA) is 96.9 Å². The van der Waals surface area contributed by atoms with Gasteiger partial charge in [0.15, 0.2) is 5.82 Å². The predicted molar refractivity (Wildman–Crippen MR) is 120 cm³/mol. The van der Waals surface area contributed by atoms with E-state index in [1.54, 1.807) is 37.3 Å². The van der Waals surface area contributed by atoms with E-state index in [1.807, 2.05) is 4.72 Å². The fourth-order valence-electron chi connectivity index (χ4n) is 3.27. The van der Waals surface area contributed by atoms with Crippen LogP contribution in [0, 0.1) is 17.6 Å². The Labute approximate surface area is 187 Å². The summed E-state index contributed by atoms with van der Waals surface area (Å²) in [6.45, 7) is 1.63. The zero-order valence-electron chi connectivity index (χ0n) is 17.3. The van der Waals surface area contributed by atoms with Gasteiger partial charge in [-0.15, -0.1) is 0 Å². The summed E-state index contributed by atoms with van der Waals surface area (Å²) in [5.41, 5.74) is 0.258. The molecule has 0 bridgehead atoms. The highest BCUT2D eigenvalue weighted by Crippen LogP contribution is 2.32. The summed E-state index contributed by atoms with van der Waals surface area (Å²) >= 11 is 0. The molecule has 0 unspecified atom stereocenters. The molecule has 4 aromatic rings. The first kappa shape index (κ1) is 22.5. The van der Waals surface area contributed by atoms with Crippen LogP contribution in [0.25, 0.3) is 22.0 Å². The van der Waals surface area contributed by atoms with Crippen LogP contribution in [0.2, 0.25) is 0 Å². The van der Waals surface area contributed by atoms with Crippen molar-refractivity contribution in [1.82, 2.24) is 15.0 Å². The van der Waals surface area contributed by atoms with E-state index in [-0.39, 0.29) is 29.2 Å². The highest BCUT2D eigenvalue weighted by atomic mass is 32.2. The highest BCUT2D eigenvalue weighted by molar-refractivity contribution is 7.92. The summed E-state index contributed by atoms with van der Waals surface area (Å²) < 4.78 is 69.4. The molecule has 0 saturated heterocycles. The molecule has 0 saturated carbocycles. The van der Waals surface area contributed by atoms with Crippen LogP contribution in [0.1, 0.15) is 13.3 Å². The molecule has 2 N–H and O–H groups in total. The van der Waals surface area contributed by atoms with Gasteiger partial charge in [0.1, 0.15) is 23.6 Å². The van der Waals surface area contributed by atoms with Gasteiger partial charge in [0.25, 0.3) is 0 Å². The van der Waals surface area contributed by atoms with Crippen molar-refractivity contribution in [2.75, 3.05) is 15.8 Å². The lowest BCUT2D eigenvalue weighted by molar-refractivity contribution is 0.584. The monoisotopic (exact) mass is 473 g/mol. The molecule has 7 nitrogen and oxygen atoms in total. The van der Waals surface area contributed by atoms with Crippen molar-refractivity contribution in [3.63, 3.8) is 0 Å². The number of benzene rings is 2. The average molecular weight is 473 g/mol. The molecule has 0 aliphatic heterocycles. The molecule has 2 aromatic carbocycles. The maximum Gasteiger partial charge on any atom is 0.232 e. The van der Waals surface area contributed by atoms with E-state index in [4.69, 9.17) is 0 Å². The van der Waals surface area contributed by atoms with Crippen molar-refractivity contribution in [3.05, 3.63) is 72.6 Å². The Balaban J connectivity index is 1.76. The molecule has 2 aromatic heterocycles. The number of nitrogens with zero attached hydrogens (tertiary/aromatic N) is 3. The molecule has 4 rings (SSSR count). The van der Waals surface area contributed by atoms with Crippen LogP contribution < -0.4 is 10.0 Å². The minimum absolute atomic E-state index is 0.166. The Bertz CT molecular complexity index is 1450. The second-order valence-electron chi connectivity index (χ2n) is 7.13. The van der Waals surface area contributed by atoms with Crippen LogP contribution in [0.5, 0.6) is 0 Å². The van der Waals surface area contributed by atoms with E-state index < -0.39 is 33.3 Å². The van der Waals surface area contributed by atoms with E-state index in [1.165, 1.54) is 12.5 Å². The number of halogens is 3. The van der Waals surface area contributed by atoms with Crippen LogP contribution in [-0.2, 0) is 10.0 Å². The van der Waals surface area contributed by atoms with Crippen LogP contribution >= 0.6 is 0 Å². The highest BCUT2D eigenvalue weighted by Gasteiger charge is 2.20. The smallest absolute Gasteiger partial charge is 0.232 e. The first-order valence-electron chi connectivity index (χ1n) is 9.90. The maximum atomic E-state index is 15.1. The standard InChI is InChI=1S/C22H18F3N5O2S/c1-2-10-33(31,32)30-20-16(23)6-8-18(19(20)24)29-22-15-11-13(5-7-17(15)27-12-28-22)14-4-3-9-26-21(14)25/h3-9,11-12,30H,2,10H2,1H3,(H,27,28,29). The van der Waals surface area contributed by atoms with E-state index in [0.717, 1.165) is 12.1 Å². The van der Waals surface area contributed by atoms with Crippen LogP contribution in [0.3, 0.4) is 0 Å². The molecule has 0 aliphatic rings. The van der Waals surface area contributed by atoms with Crippen molar-refractivity contribution < 1.29 is 21.6 Å². The van der Waals surface area contributed by atoms with Gasteiger partial charge in [-0.25, -0.2) is 32.2 Å². The van der Waals surface area contributed by atoms with Crippen LogP contribution in [0.15, 0.2) is 55.0 Å². The molecule has 2 heterocycles. The van der Waals surface area contributed by atoms with Gasteiger partial charge in [-0.05, 0) is 48.4 Å². The van der Waals surface area contributed by atoms with Gasteiger partial charge in [0, 0.05) is 17.1 Å². The lowest BCUT2D eigenvalue weighted by atomic mass is 10.0. The molecular formula is C22H18F3N5O2S.